The van der Waals surface area contributed by atoms with E-state index in [9.17, 15) is 4.79 Å². The molecule has 1 saturated carbocycles. The zero-order chi connectivity index (χ0) is 18.9. The van der Waals surface area contributed by atoms with E-state index in [1.54, 1.807) is 0 Å². The van der Waals surface area contributed by atoms with Crippen molar-refractivity contribution in [2.75, 3.05) is 5.32 Å². The molecule has 1 aliphatic carbocycles. The average molecular weight is 393 g/mol. The number of anilines is 1. The first-order chi connectivity index (χ1) is 13.1. The second-order valence-corrected chi connectivity index (χ2v) is 7.37. The highest BCUT2D eigenvalue weighted by molar-refractivity contribution is 6.04. The summed E-state index contributed by atoms with van der Waals surface area (Å²) >= 11 is 0. The number of nitrogens with one attached hydrogen (secondary N) is 1. The van der Waals surface area contributed by atoms with Crippen molar-refractivity contribution in [2.45, 2.75) is 31.2 Å². The highest BCUT2D eigenvalue weighted by Gasteiger charge is 2.49. The summed E-state index contributed by atoms with van der Waals surface area (Å²) < 4.78 is 0. The van der Waals surface area contributed by atoms with Crippen molar-refractivity contribution in [3.63, 3.8) is 0 Å². The molecule has 0 saturated heterocycles. The highest BCUT2D eigenvalue weighted by Crippen LogP contribution is 2.51. The minimum Gasteiger partial charge on any atom is -0.325 e. The van der Waals surface area contributed by atoms with E-state index in [0.29, 0.717) is 11.5 Å². The first-order valence-electron chi connectivity index (χ1n) is 9.45. The number of carbonyl (C=O) groups excluding carboxylic acids is 1. The van der Waals surface area contributed by atoms with Gasteiger partial charge in [0.2, 0.25) is 0 Å². The summed E-state index contributed by atoms with van der Waals surface area (Å²) in [5, 5.41) is 3.01. The van der Waals surface area contributed by atoms with E-state index < -0.39 is 0 Å². The molecule has 0 aromatic heterocycles. The lowest BCUT2D eigenvalue weighted by atomic mass is 10.0. The zero-order valence-corrected chi connectivity index (χ0v) is 16.7. The van der Waals surface area contributed by atoms with Crippen LogP contribution >= 0.6 is 12.4 Å². The molecule has 2 unspecified atom stereocenters. The summed E-state index contributed by atoms with van der Waals surface area (Å²) in [5.41, 5.74) is 11.2. The van der Waals surface area contributed by atoms with Crippen LogP contribution < -0.4 is 11.1 Å². The molecule has 0 bridgehead atoms. The van der Waals surface area contributed by atoms with E-state index in [0.717, 1.165) is 29.7 Å². The molecular weight excluding hydrogens is 368 g/mol. The van der Waals surface area contributed by atoms with Gasteiger partial charge in [0, 0.05) is 22.7 Å². The highest BCUT2D eigenvalue weighted by atomic mass is 35.5. The number of nitrogens with two attached hydrogens (primary N) is 1. The molecule has 1 amide bonds. The molecule has 3 nitrogen and oxygen atoms in total. The van der Waals surface area contributed by atoms with Gasteiger partial charge in [-0.2, -0.15) is 0 Å². The lowest BCUT2D eigenvalue weighted by Gasteiger charge is -2.11. The summed E-state index contributed by atoms with van der Waals surface area (Å²) in [6.07, 6.45) is 1.99. The maximum atomic E-state index is 12.6. The van der Waals surface area contributed by atoms with Crippen molar-refractivity contribution in [3.8, 4) is 11.1 Å². The van der Waals surface area contributed by atoms with Gasteiger partial charge in [0.05, 0.1) is 0 Å². The average Bonchev–Trinajstić information content (AvgIpc) is 3.41. The van der Waals surface area contributed by atoms with Crippen molar-refractivity contribution >= 4 is 24.0 Å². The zero-order valence-electron chi connectivity index (χ0n) is 15.9. The van der Waals surface area contributed by atoms with Crippen LogP contribution in [0.5, 0.6) is 0 Å². The minimum atomic E-state index is -0.0999. The normalized spacial score (nSPS) is 20.1. The molecule has 3 aromatic rings. The van der Waals surface area contributed by atoms with Gasteiger partial charge in [0.1, 0.15) is 0 Å². The van der Waals surface area contributed by atoms with E-state index in [1.807, 2.05) is 60.7 Å². The SMILES string of the molecule is CCC1(N)CC1c1cccc(NC(=O)c2ccc(-c3ccccc3)cc2)c1.Cl. The van der Waals surface area contributed by atoms with Crippen LogP contribution in [0.2, 0.25) is 0 Å². The second-order valence-electron chi connectivity index (χ2n) is 7.37. The molecule has 0 heterocycles. The lowest BCUT2D eigenvalue weighted by Crippen LogP contribution is -2.22. The van der Waals surface area contributed by atoms with Crippen LogP contribution in [-0.2, 0) is 0 Å². The molecule has 1 aliphatic rings. The van der Waals surface area contributed by atoms with E-state index in [4.69, 9.17) is 5.73 Å². The Hall–Kier alpha value is -2.62. The van der Waals surface area contributed by atoms with Crippen LogP contribution in [0.4, 0.5) is 5.69 Å². The molecule has 2 atom stereocenters. The molecule has 28 heavy (non-hydrogen) atoms. The number of halogens is 1. The van der Waals surface area contributed by atoms with Crippen LogP contribution in [0.1, 0.15) is 41.6 Å². The van der Waals surface area contributed by atoms with Gasteiger partial charge in [-0.05, 0) is 53.8 Å². The monoisotopic (exact) mass is 392 g/mol. The largest absolute Gasteiger partial charge is 0.325 e. The lowest BCUT2D eigenvalue weighted by molar-refractivity contribution is 0.102. The predicted molar refractivity (Wildman–Crippen MR) is 118 cm³/mol. The number of hydrogen-bond donors (Lipinski definition) is 2. The molecule has 0 aliphatic heterocycles. The summed E-state index contributed by atoms with van der Waals surface area (Å²) in [5.74, 6) is 0.293. The maximum absolute atomic E-state index is 12.6. The van der Waals surface area contributed by atoms with E-state index in [-0.39, 0.29) is 23.9 Å². The first-order valence-corrected chi connectivity index (χ1v) is 9.45. The number of rotatable bonds is 5. The fourth-order valence-corrected chi connectivity index (χ4v) is 3.64. The van der Waals surface area contributed by atoms with Gasteiger partial charge < -0.3 is 11.1 Å². The Morgan fingerprint density at radius 3 is 2.32 bits per heavy atom. The van der Waals surface area contributed by atoms with Gasteiger partial charge in [-0.15, -0.1) is 12.4 Å². The Kier molecular flexibility index (Phi) is 5.87. The standard InChI is InChI=1S/C24H24N2O.ClH/c1-2-24(25)16-22(24)20-9-6-10-21(15-20)26-23(27)19-13-11-18(12-14-19)17-7-4-3-5-8-17;/h3-15,22H,2,16,25H2,1H3,(H,26,27);1H. The number of amides is 1. The van der Waals surface area contributed by atoms with E-state index in [2.05, 4.69) is 30.4 Å². The third kappa shape index (κ3) is 4.11. The molecule has 3 N–H and O–H groups in total. The maximum Gasteiger partial charge on any atom is 0.255 e. The minimum absolute atomic E-state index is 0. The molecular formula is C24H25ClN2O. The van der Waals surface area contributed by atoms with E-state index >= 15 is 0 Å². The summed E-state index contributed by atoms with van der Waals surface area (Å²) in [6, 6.07) is 25.9. The summed E-state index contributed by atoms with van der Waals surface area (Å²) in [6.45, 7) is 2.13. The van der Waals surface area contributed by atoms with E-state index in [1.165, 1.54) is 5.56 Å². The van der Waals surface area contributed by atoms with Crippen LogP contribution in [0.25, 0.3) is 11.1 Å². The number of carbonyl (C=O) groups is 1. The van der Waals surface area contributed by atoms with Crippen LogP contribution in [-0.4, -0.2) is 11.4 Å². The smallest absolute Gasteiger partial charge is 0.255 e. The molecule has 3 aromatic carbocycles. The number of benzene rings is 3. The van der Waals surface area contributed by atoms with Crippen LogP contribution in [0.15, 0.2) is 78.9 Å². The van der Waals surface area contributed by atoms with Gasteiger partial charge in [0.15, 0.2) is 0 Å². The summed E-state index contributed by atoms with van der Waals surface area (Å²) in [4.78, 5) is 12.6. The van der Waals surface area contributed by atoms with Gasteiger partial charge >= 0.3 is 0 Å². The quantitative estimate of drug-likeness (QED) is 0.591. The Labute approximate surface area is 172 Å². The fourth-order valence-electron chi connectivity index (χ4n) is 3.64. The molecule has 144 valence electrons. The second kappa shape index (κ2) is 8.17. The first kappa shape index (κ1) is 20.1. The Bertz CT molecular complexity index is 956. The van der Waals surface area contributed by atoms with Crippen molar-refractivity contribution in [1.82, 2.24) is 0 Å². The Morgan fingerprint density at radius 1 is 1.00 bits per heavy atom. The van der Waals surface area contributed by atoms with Gasteiger partial charge in [-0.3, -0.25) is 4.79 Å². The molecule has 1 fully saturated rings. The van der Waals surface area contributed by atoms with Crippen molar-refractivity contribution in [3.05, 3.63) is 90.0 Å². The topological polar surface area (TPSA) is 55.1 Å². The van der Waals surface area contributed by atoms with Crippen LogP contribution in [0.3, 0.4) is 0 Å². The molecule has 0 radical (unpaired) electrons. The third-order valence-electron chi connectivity index (χ3n) is 5.58. The Morgan fingerprint density at radius 2 is 1.68 bits per heavy atom. The predicted octanol–water partition coefficient (Wildman–Crippen LogP) is 5.62. The Balaban J connectivity index is 0.00000225. The van der Waals surface area contributed by atoms with Gasteiger partial charge in [-0.1, -0.05) is 61.5 Å². The summed E-state index contributed by atoms with van der Waals surface area (Å²) in [7, 11) is 0. The fraction of sp³-hybridized carbons (Fsp3) is 0.208. The molecule has 0 spiro atoms. The van der Waals surface area contributed by atoms with Crippen LogP contribution in [0, 0.1) is 0 Å². The van der Waals surface area contributed by atoms with Crippen molar-refractivity contribution < 1.29 is 4.79 Å². The number of hydrogen-bond acceptors (Lipinski definition) is 2. The van der Waals surface area contributed by atoms with Crippen molar-refractivity contribution in [1.29, 1.82) is 0 Å². The van der Waals surface area contributed by atoms with Gasteiger partial charge in [-0.25, -0.2) is 0 Å². The van der Waals surface area contributed by atoms with Crippen molar-refractivity contribution in [2.24, 2.45) is 5.73 Å². The van der Waals surface area contributed by atoms with Gasteiger partial charge in [0.25, 0.3) is 5.91 Å². The molecule has 4 rings (SSSR count). The molecule has 4 heteroatoms. The third-order valence-corrected chi connectivity index (χ3v) is 5.58.